The number of likely N-dealkylation sites (tertiary alicyclic amines) is 1. The zero-order valence-electron chi connectivity index (χ0n) is 23.0. The van der Waals surface area contributed by atoms with Crippen molar-refractivity contribution in [2.45, 2.75) is 174 Å². The molecule has 0 aromatic heterocycles. The Kier molecular flexibility index (Phi) is 21.3. The fraction of sp³-hybridized carbons (Fsp3) is 1.00. The highest BCUT2D eigenvalue weighted by Gasteiger charge is 2.30. The Morgan fingerprint density at radius 1 is 0.344 bits per heavy atom. The molecule has 32 heavy (non-hydrogen) atoms. The minimum atomic E-state index is 1.37. The number of nitrogens with zero attached hydrogens (tertiary/aromatic N) is 1. The van der Waals surface area contributed by atoms with Gasteiger partial charge in [0, 0.05) is 12.8 Å². The predicted octanol–water partition coefficient (Wildman–Crippen LogP) is 10.6. The summed E-state index contributed by atoms with van der Waals surface area (Å²) in [6.45, 7) is 10.6. The molecule has 1 nitrogen and oxygen atoms in total. The standard InChI is InChI=1S/C31H64N/c1-3-5-7-9-11-12-13-14-15-16-17-18-19-21-23-25-29-32(30-26-27-31-32)28-24-22-20-10-8-6-4-2/h3-31H2,1-2H3/q+1. The molecular weight excluding hydrogens is 386 g/mol. The van der Waals surface area contributed by atoms with Crippen molar-refractivity contribution in [2.24, 2.45) is 0 Å². The molecule has 0 saturated carbocycles. The second-order valence-corrected chi connectivity index (χ2v) is 11.4. The largest absolute Gasteiger partial charge is 0.324 e. The first-order chi connectivity index (χ1) is 15.8. The molecule has 1 rings (SSSR count). The van der Waals surface area contributed by atoms with Crippen molar-refractivity contribution in [3.8, 4) is 0 Å². The molecule has 0 unspecified atom stereocenters. The maximum atomic E-state index is 2.32. The van der Waals surface area contributed by atoms with Crippen LogP contribution in [0.25, 0.3) is 0 Å². The summed E-state index contributed by atoms with van der Waals surface area (Å²) in [4.78, 5) is 0. The molecule has 0 N–H and O–H groups in total. The molecule has 1 aliphatic heterocycles. The molecule has 0 atom stereocenters. The molecule has 1 heteroatoms. The molecule has 0 radical (unpaired) electrons. The summed E-state index contributed by atoms with van der Waals surface area (Å²) in [5, 5.41) is 0. The van der Waals surface area contributed by atoms with Gasteiger partial charge in [-0.15, -0.1) is 0 Å². The lowest BCUT2D eigenvalue weighted by Gasteiger charge is -2.34. The third-order valence-electron chi connectivity index (χ3n) is 8.24. The van der Waals surface area contributed by atoms with Crippen LogP contribution in [-0.4, -0.2) is 30.7 Å². The van der Waals surface area contributed by atoms with Crippen molar-refractivity contribution >= 4 is 0 Å². The third-order valence-corrected chi connectivity index (χ3v) is 8.24. The number of rotatable bonds is 25. The first kappa shape index (κ1) is 30.0. The molecule has 1 saturated heterocycles. The SMILES string of the molecule is CCCCCCCCCCCCCCCCCC[N+]1(CCCCCCCCC)CCCC1. The second-order valence-electron chi connectivity index (χ2n) is 11.4. The summed E-state index contributed by atoms with van der Waals surface area (Å²) in [6, 6.07) is 0. The zero-order valence-corrected chi connectivity index (χ0v) is 23.0. The van der Waals surface area contributed by atoms with Crippen LogP contribution in [0.1, 0.15) is 174 Å². The molecule has 0 bridgehead atoms. The fourth-order valence-electron chi connectivity index (χ4n) is 5.96. The Balaban J connectivity index is 1.87. The fourth-order valence-corrected chi connectivity index (χ4v) is 5.96. The zero-order chi connectivity index (χ0) is 23.0. The van der Waals surface area contributed by atoms with Gasteiger partial charge < -0.3 is 4.48 Å². The highest BCUT2D eigenvalue weighted by atomic mass is 15.4. The first-order valence-electron chi connectivity index (χ1n) is 15.7. The lowest BCUT2D eigenvalue weighted by Crippen LogP contribution is -2.46. The van der Waals surface area contributed by atoms with Gasteiger partial charge in [-0.1, -0.05) is 136 Å². The topological polar surface area (TPSA) is 0 Å². The molecule has 1 aliphatic rings. The van der Waals surface area contributed by atoms with E-state index >= 15 is 0 Å². The van der Waals surface area contributed by atoms with E-state index in [1.54, 1.807) is 0 Å². The van der Waals surface area contributed by atoms with Gasteiger partial charge in [0.25, 0.3) is 0 Å². The molecule has 0 aliphatic carbocycles. The highest BCUT2D eigenvalue weighted by molar-refractivity contribution is 4.57. The third kappa shape index (κ3) is 17.4. The van der Waals surface area contributed by atoms with Crippen LogP contribution >= 0.6 is 0 Å². The van der Waals surface area contributed by atoms with Gasteiger partial charge in [-0.25, -0.2) is 0 Å². The van der Waals surface area contributed by atoms with Crippen LogP contribution in [0.2, 0.25) is 0 Å². The van der Waals surface area contributed by atoms with E-state index in [9.17, 15) is 0 Å². The Morgan fingerprint density at radius 2 is 0.594 bits per heavy atom. The van der Waals surface area contributed by atoms with Gasteiger partial charge in [-0.3, -0.25) is 0 Å². The maximum absolute atomic E-state index is 2.32. The van der Waals surface area contributed by atoms with Crippen LogP contribution in [-0.2, 0) is 0 Å². The van der Waals surface area contributed by atoms with Crippen molar-refractivity contribution in [3.05, 3.63) is 0 Å². The van der Waals surface area contributed by atoms with Crippen molar-refractivity contribution in [1.82, 2.24) is 0 Å². The predicted molar refractivity (Wildman–Crippen MR) is 147 cm³/mol. The van der Waals surface area contributed by atoms with Gasteiger partial charge >= 0.3 is 0 Å². The van der Waals surface area contributed by atoms with E-state index in [4.69, 9.17) is 0 Å². The molecular formula is C31H64N+. The van der Waals surface area contributed by atoms with E-state index in [1.165, 1.54) is 191 Å². The second kappa shape index (κ2) is 22.7. The van der Waals surface area contributed by atoms with Crippen molar-refractivity contribution in [2.75, 3.05) is 26.2 Å². The molecule has 0 aromatic carbocycles. The van der Waals surface area contributed by atoms with E-state index < -0.39 is 0 Å². The molecule has 0 spiro atoms. The Labute approximate surface area is 205 Å². The number of quaternary nitrogens is 1. The normalized spacial score (nSPS) is 15.6. The lowest BCUT2D eigenvalue weighted by atomic mass is 10.0. The molecule has 0 aromatic rings. The quantitative estimate of drug-likeness (QED) is 0.0958. The van der Waals surface area contributed by atoms with E-state index in [1.807, 2.05) is 0 Å². The van der Waals surface area contributed by atoms with Gasteiger partial charge in [-0.2, -0.15) is 0 Å². The van der Waals surface area contributed by atoms with Crippen LogP contribution in [0.5, 0.6) is 0 Å². The number of unbranched alkanes of at least 4 members (excludes halogenated alkanes) is 21. The smallest absolute Gasteiger partial charge is 0.0788 e. The molecule has 0 amide bonds. The van der Waals surface area contributed by atoms with E-state index in [0.29, 0.717) is 0 Å². The summed E-state index contributed by atoms with van der Waals surface area (Å²) in [5.41, 5.74) is 0. The van der Waals surface area contributed by atoms with Gasteiger partial charge in [0.15, 0.2) is 0 Å². The van der Waals surface area contributed by atoms with E-state index in [0.717, 1.165) is 0 Å². The average Bonchev–Trinajstić information content (AvgIpc) is 3.27. The monoisotopic (exact) mass is 451 g/mol. The van der Waals surface area contributed by atoms with E-state index in [2.05, 4.69) is 13.8 Å². The summed E-state index contributed by atoms with van der Waals surface area (Å²) in [6.07, 6.45) is 36.9. The Bertz CT molecular complexity index is 357. The van der Waals surface area contributed by atoms with Gasteiger partial charge in [0.2, 0.25) is 0 Å². The van der Waals surface area contributed by atoms with Gasteiger partial charge in [0.1, 0.15) is 0 Å². The van der Waals surface area contributed by atoms with Crippen LogP contribution < -0.4 is 0 Å². The van der Waals surface area contributed by atoms with Crippen molar-refractivity contribution < 1.29 is 4.48 Å². The molecule has 1 heterocycles. The van der Waals surface area contributed by atoms with Crippen LogP contribution in [0.4, 0.5) is 0 Å². The number of hydrogen-bond acceptors (Lipinski definition) is 0. The van der Waals surface area contributed by atoms with Crippen molar-refractivity contribution in [3.63, 3.8) is 0 Å². The summed E-state index contributed by atoms with van der Waals surface area (Å²) < 4.78 is 1.49. The minimum Gasteiger partial charge on any atom is -0.324 e. The minimum absolute atomic E-state index is 1.37. The van der Waals surface area contributed by atoms with Crippen LogP contribution in [0, 0.1) is 0 Å². The van der Waals surface area contributed by atoms with E-state index in [-0.39, 0.29) is 0 Å². The Morgan fingerprint density at radius 3 is 0.875 bits per heavy atom. The lowest BCUT2D eigenvalue weighted by molar-refractivity contribution is -0.917. The maximum Gasteiger partial charge on any atom is 0.0788 e. The Hall–Kier alpha value is -0.0400. The number of hydrogen-bond donors (Lipinski definition) is 0. The molecule has 192 valence electrons. The van der Waals surface area contributed by atoms with Crippen LogP contribution in [0.3, 0.4) is 0 Å². The molecule has 1 fully saturated rings. The van der Waals surface area contributed by atoms with Gasteiger partial charge in [-0.05, 0) is 25.7 Å². The van der Waals surface area contributed by atoms with Crippen molar-refractivity contribution in [1.29, 1.82) is 0 Å². The first-order valence-corrected chi connectivity index (χ1v) is 15.7. The summed E-state index contributed by atoms with van der Waals surface area (Å²) in [7, 11) is 0. The summed E-state index contributed by atoms with van der Waals surface area (Å²) >= 11 is 0. The van der Waals surface area contributed by atoms with Gasteiger partial charge in [0.05, 0.1) is 26.2 Å². The highest BCUT2D eigenvalue weighted by Crippen LogP contribution is 2.23. The average molecular weight is 451 g/mol. The summed E-state index contributed by atoms with van der Waals surface area (Å²) in [5.74, 6) is 0. The van der Waals surface area contributed by atoms with Crippen LogP contribution in [0.15, 0.2) is 0 Å².